The standard InChI is InChI=1S/C11H13NO2S/c1-14-11(13)6-3-8-7-9(15-2)4-5-10(8)12/h3-7H,12H2,1-2H3. The molecule has 0 saturated carbocycles. The van der Waals surface area contributed by atoms with Gasteiger partial charge in [0.15, 0.2) is 0 Å². The van der Waals surface area contributed by atoms with Crippen molar-refractivity contribution in [3.8, 4) is 0 Å². The number of ether oxygens (including phenoxy) is 1. The van der Waals surface area contributed by atoms with Gasteiger partial charge < -0.3 is 10.5 Å². The minimum atomic E-state index is -0.385. The number of carbonyl (C=O) groups excluding carboxylic acids is 1. The van der Waals surface area contributed by atoms with Crippen molar-refractivity contribution < 1.29 is 9.53 Å². The maximum absolute atomic E-state index is 10.9. The van der Waals surface area contributed by atoms with Crippen LogP contribution >= 0.6 is 11.8 Å². The highest BCUT2D eigenvalue weighted by atomic mass is 32.2. The fourth-order valence-corrected chi connectivity index (χ4v) is 1.50. The maximum atomic E-state index is 10.9. The Balaban J connectivity index is 2.93. The molecule has 0 aliphatic heterocycles. The molecular weight excluding hydrogens is 210 g/mol. The molecule has 80 valence electrons. The molecule has 0 radical (unpaired) electrons. The molecule has 0 aromatic heterocycles. The first-order valence-electron chi connectivity index (χ1n) is 4.37. The van der Waals surface area contributed by atoms with E-state index in [1.165, 1.54) is 13.2 Å². The third-order valence-corrected chi connectivity index (χ3v) is 2.62. The lowest BCUT2D eigenvalue weighted by Crippen LogP contribution is -1.94. The van der Waals surface area contributed by atoms with Gasteiger partial charge in [-0.25, -0.2) is 4.79 Å². The number of benzene rings is 1. The third kappa shape index (κ3) is 3.32. The summed E-state index contributed by atoms with van der Waals surface area (Å²) in [7, 11) is 1.34. The van der Waals surface area contributed by atoms with Crippen LogP contribution in [0.1, 0.15) is 5.56 Å². The van der Waals surface area contributed by atoms with Crippen LogP contribution in [0, 0.1) is 0 Å². The normalized spacial score (nSPS) is 10.5. The molecule has 0 unspecified atom stereocenters. The van der Waals surface area contributed by atoms with E-state index in [9.17, 15) is 4.79 Å². The quantitative estimate of drug-likeness (QED) is 0.369. The number of rotatable bonds is 3. The van der Waals surface area contributed by atoms with E-state index in [2.05, 4.69) is 4.74 Å². The molecule has 0 atom stereocenters. The van der Waals surface area contributed by atoms with E-state index in [1.807, 2.05) is 24.5 Å². The molecule has 0 amide bonds. The smallest absolute Gasteiger partial charge is 0.330 e. The van der Waals surface area contributed by atoms with Crippen LogP contribution in [0.3, 0.4) is 0 Å². The highest BCUT2D eigenvalue weighted by molar-refractivity contribution is 7.98. The Kier molecular flexibility index (Phi) is 4.24. The lowest BCUT2D eigenvalue weighted by atomic mass is 10.1. The number of nitrogens with two attached hydrogens (primary N) is 1. The summed E-state index contributed by atoms with van der Waals surface area (Å²) >= 11 is 1.63. The lowest BCUT2D eigenvalue weighted by molar-refractivity contribution is -0.134. The highest BCUT2D eigenvalue weighted by Crippen LogP contribution is 2.21. The molecule has 3 nitrogen and oxygen atoms in total. The summed E-state index contributed by atoms with van der Waals surface area (Å²) in [5.41, 5.74) is 7.23. The van der Waals surface area contributed by atoms with Crippen LogP contribution in [0.5, 0.6) is 0 Å². The van der Waals surface area contributed by atoms with E-state index in [-0.39, 0.29) is 5.97 Å². The third-order valence-electron chi connectivity index (χ3n) is 1.89. The van der Waals surface area contributed by atoms with Gasteiger partial charge in [0, 0.05) is 16.7 Å². The topological polar surface area (TPSA) is 52.3 Å². The van der Waals surface area contributed by atoms with Gasteiger partial charge in [-0.3, -0.25) is 0 Å². The molecule has 4 heteroatoms. The molecule has 0 saturated heterocycles. The van der Waals surface area contributed by atoms with E-state index in [0.717, 1.165) is 10.5 Å². The van der Waals surface area contributed by atoms with Gasteiger partial charge in [-0.1, -0.05) is 0 Å². The van der Waals surface area contributed by atoms with E-state index in [4.69, 9.17) is 5.73 Å². The Bertz CT molecular complexity index is 388. The van der Waals surface area contributed by atoms with Crippen molar-refractivity contribution in [2.45, 2.75) is 4.90 Å². The van der Waals surface area contributed by atoms with Gasteiger partial charge in [0.1, 0.15) is 0 Å². The fraction of sp³-hybridized carbons (Fsp3) is 0.182. The van der Waals surface area contributed by atoms with E-state index in [0.29, 0.717) is 5.69 Å². The molecule has 2 N–H and O–H groups in total. The number of esters is 1. The van der Waals surface area contributed by atoms with Crippen LogP contribution in [-0.2, 0) is 9.53 Å². The Morgan fingerprint density at radius 3 is 2.87 bits per heavy atom. The summed E-state index contributed by atoms with van der Waals surface area (Å²) in [5, 5.41) is 0. The number of methoxy groups -OCH3 is 1. The average molecular weight is 223 g/mol. The van der Waals surface area contributed by atoms with E-state index < -0.39 is 0 Å². The van der Waals surface area contributed by atoms with E-state index >= 15 is 0 Å². The largest absolute Gasteiger partial charge is 0.466 e. The Labute approximate surface area is 93.3 Å². The SMILES string of the molecule is COC(=O)C=Cc1cc(SC)ccc1N. The van der Waals surface area contributed by atoms with Crippen molar-refractivity contribution in [2.24, 2.45) is 0 Å². The fourth-order valence-electron chi connectivity index (χ4n) is 1.05. The van der Waals surface area contributed by atoms with Crippen molar-refractivity contribution in [3.63, 3.8) is 0 Å². The molecule has 0 fully saturated rings. The van der Waals surface area contributed by atoms with Gasteiger partial charge in [-0.05, 0) is 36.1 Å². The van der Waals surface area contributed by atoms with Crippen molar-refractivity contribution in [2.75, 3.05) is 19.1 Å². The Morgan fingerprint density at radius 2 is 2.27 bits per heavy atom. The first-order chi connectivity index (χ1) is 7.17. The Morgan fingerprint density at radius 1 is 1.53 bits per heavy atom. The molecule has 1 aromatic carbocycles. The van der Waals surface area contributed by atoms with Gasteiger partial charge in [-0.15, -0.1) is 11.8 Å². The summed E-state index contributed by atoms with van der Waals surface area (Å²) in [5.74, 6) is -0.385. The molecule has 1 aromatic rings. The van der Waals surface area contributed by atoms with Gasteiger partial charge in [0.25, 0.3) is 0 Å². The molecular formula is C11H13NO2S. The highest BCUT2D eigenvalue weighted by Gasteiger charge is 1.98. The monoisotopic (exact) mass is 223 g/mol. The van der Waals surface area contributed by atoms with Crippen LogP contribution in [0.4, 0.5) is 5.69 Å². The van der Waals surface area contributed by atoms with Crippen LogP contribution in [0.15, 0.2) is 29.2 Å². The van der Waals surface area contributed by atoms with Crippen LogP contribution < -0.4 is 5.73 Å². The number of carbonyl (C=O) groups is 1. The van der Waals surface area contributed by atoms with Crippen molar-refractivity contribution in [1.29, 1.82) is 0 Å². The number of hydrogen-bond donors (Lipinski definition) is 1. The minimum Gasteiger partial charge on any atom is -0.466 e. The second-order valence-electron chi connectivity index (χ2n) is 2.85. The number of nitrogen functional groups attached to an aromatic ring is 1. The summed E-state index contributed by atoms with van der Waals surface area (Å²) < 4.78 is 4.50. The predicted octanol–water partition coefficient (Wildman–Crippen LogP) is 2.18. The first kappa shape index (κ1) is 11.7. The molecule has 1 rings (SSSR count). The maximum Gasteiger partial charge on any atom is 0.330 e. The zero-order valence-corrected chi connectivity index (χ0v) is 9.51. The van der Waals surface area contributed by atoms with Crippen LogP contribution in [0.2, 0.25) is 0 Å². The Hall–Kier alpha value is -1.42. The number of anilines is 1. The molecule has 0 aliphatic carbocycles. The molecule has 15 heavy (non-hydrogen) atoms. The van der Waals surface area contributed by atoms with Gasteiger partial charge in [0.05, 0.1) is 7.11 Å². The molecule has 0 spiro atoms. The number of hydrogen-bond acceptors (Lipinski definition) is 4. The van der Waals surface area contributed by atoms with Crippen LogP contribution in [0.25, 0.3) is 6.08 Å². The zero-order chi connectivity index (χ0) is 11.3. The second-order valence-corrected chi connectivity index (χ2v) is 3.73. The average Bonchev–Trinajstić information content (AvgIpc) is 2.27. The minimum absolute atomic E-state index is 0.385. The number of thioether (sulfide) groups is 1. The summed E-state index contributed by atoms with van der Waals surface area (Å²) in [6.45, 7) is 0. The van der Waals surface area contributed by atoms with E-state index in [1.54, 1.807) is 17.8 Å². The van der Waals surface area contributed by atoms with Crippen molar-refractivity contribution in [3.05, 3.63) is 29.8 Å². The van der Waals surface area contributed by atoms with Crippen LogP contribution in [-0.4, -0.2) is 19.3 Å². The zero-order valence-electron chi connectivity index (χ0n) is 8.69. The lowest BCUT2D eigenvalue weighted by Gasteiger charge is -2.02. The molecule has 0 bridgehead atoms. The summed E-state index contributed by atoms with van der Waals surface area (Å²) in [4.78, 5) is 12.0. The summed E-state index contributed by atoms with van der Waals surface area (Å²) in [6, 6.07) is 5.69. The molecule has 0 heterocycles. The summed E-state index contributed by atoms with van der Waals surface area (Å²) in [6.07, 6.45) is 5.00. The van der Waals surface area contributed by atoms with Gasteiger partial charge in [-0.2, -0.15) is 0 Å². The van der Waals surface area contributed by atoms with Gasteiger partial charge >= 0.3 is 5.97 Å². The van der Waals surface area contributed by atoms with Gasteiger partial charge in [0.2, 0.25) is 0 Å². The van der Waals surface area contributed by atoms with Crippen molar-refractivity contribution >= 4 is 29.5 Å². The predicted molar refractivity (Wildman–Crippen MR) is 63.7 cm³/mol. The second kappa shape index (κ2) is 5.46. The van der Waals surface area contributed by atoms with Crippen molar-refractivity contribution in [1.82, 2.24) is 0 Å². The molecule has 0 aliphatic rings. The first-order valence-corrected chi connectivity index (χ1v) is 5.59.